The third kappa shape index (κ3) is 2.89. The lowest BCUT2D eigenvalue weighted by molar-refractivity contribution is -0.388. The van der Waals surface area contributed by atoms with E-state index < -0.39 is 27.8 Å². The van der Waals surface area contributed by atoms with Crippen molar-refractivity contribution in [1.29, 1.82) is 0 Å². The Labute approximate surface area is 91.7 Å². The molecule has 0 aliphatic heterocycles. The maximum atomic E-state index is 12.0. The van der Waals surface area contributed by atoms with Gasteiger partial charge >= 0.3 is 12.0 Å². The zero-order chi connectivity index (χ0) is 12.3. The summed E-state index contributed by atoms with van der Waals surface area (Å²) < 4.78 is 36.0. The van der Waals surface area contributed by atoms with Crippen molar-refractivity contribution in [3.63, 3.8) is 0 Å². The number of aliphatic imine (C=N–C) groups is 1. The Balaban J connectivity index is 3.20. The second kappa shape index (κ2) is 4.44. The lowest BCUT2D eigenvalue weighted by Crippen LogP contribution is -2.16. The zero-order valence-corrected chi connectivity index (χ0v) is 8.16. The zero-order valence-electron chi connectivity index (χ0n) is 7.40. The molecule has 5 nitrogen and oxygen atoms in total. The van der Waals surface area contributed by atoms with Crippen molar-refractivity contribution < 1.29 is 18.1 Å². The third-order valence-electron chi connectivity index (χ3n) is 1.39. The normalized spacial score (nSPS) is 12.6. The molecule has 0 bridgehead atoms. The molecular formula is C7H3ClF3N3O2. The molecule has 16 heavy (non-hydrogen) atoms. The molecule has 0 amide bonds. The number of nitrogens with zero attached hydrogens (tertiary/aromatic N) is 3. The third-order valence-corrected chi connectivity index (χ3v) is 1.69. The lowest BCUT2D eigenvalue weighted by atomic mass is 10.4. The minimum absolute atomic E-state index is 0.546. The molecule has 0 aromatic carbocycles. The Morgan fingerprint density at radius 2 is 2.19 bits per heavy atom. The predicted octanol–water partition coefficient (Wildman–Crippen LogP) is 2.82. The molecule has 86 valence electrons. The van der Waals surface area contributed by atoms with Gasteiger partial charge in [0.05, 0.1) is 0 Å². The number of alkyl halides is 3. The molecule has 9 heteroatoms. The van der Waals surface area contributed by atoms with Crippen molar-refractivity contribution in [2.75, 3.05) is 0 Å². The number of nitro groups is 1. The summed E-state index contributed by atoms with van der Waals surface area (Å²) >= 11 is 4.84. The molecule has 0 unspecified atom stereocenters. The SMILES string of the molecule is O=[N+]([O-])c1ncccc1N=C(Cl)C(F)(F)F. The Morgan fingerprint density at radius 1 is 1.56 bits per heavy atom. The van der Waals surface area contributed by atoms with Gasteiger partial charge in [0.15, 0.2) is 5.69 Å². The van der Waals surface area contributed by atoms with Gasteiger partial charge < -0.3 is 10.1 Å². The Kier molecular flexibility index (Phi) is 3.43. The monoisotopic (exact) mass is 253 g/mol. The smallest absolute Gasteiger partial charge is 0.358 e. The molecule has 0 spiro atoms. The van der Waals surface area contributed by atoms with E-state index in [0.29, 0.717) is 0 Å². The van der Waals surface area contributed by atoms with Gasteiger partial charge in [-0.1, -0.05) is 11.6 Å². The lowest BCUT2D eigenvalue weighted by Gasteiger charge is -2.02. The van der Waals surface area contributed by atoms with Crippen molar-refractivity contribution >= 4 is 28.3 Å². The first-order chi connectivity index (χ1) is 7.32. The highest BCUT2D eigenvalue weighted by Gasteiger charge is 2.35. The summed E-state index contributed by atoms with van der Waals surface area (Å²) in [6, 6.07) is 2.23. The van der Waals surface area contributed by atoms with Crippen LogP contribution in [-0.2, 0) is 0 Å². The second-order valence-electron chi connectivity index (χ2n) is 2.50. The largest absolute Gasteiger partial charge is 0.444 e. The average Bonchev–Trinajstić information content (AvgIpc) is 2.16. The summed E-state index contributed by atoms with van der Waals surface area (Å²) in [6.07, 6.45) is -3.77. The quantitative estimate of drug-likeness (QED) is 0.462. The van der Waals surface area contributed by atoms with Crippen LogP contribution in [0, 0.1) is 10.1 Å². The number of aromatic nitrogens is 1. The first-order valence-electron chi connectivity index (χ1n) is 3.73. The highest BCUT2D eigenvalue weighted by Crippen LogP contribution is 2.28. The molecule has 0 saturated carbocycles. The maximum Gasteiger partial charge on any atom is 0.444 e. The van der Waals surface area contributed by atoms with Crippen LogP contribution in [0.5, 0.6) is 0 Å². The predicted molar refractivity (Wildman–Crippen MR) is 49.9 cm³/mol. The van der Waals surface area contributed by atoms with Crippen LogP contribution in [0.4, 0.5) is 24.7 Å². The molecule has 1 aromatic heterocycles. The van der Waals surface area contributed by atoms with Gasteiger partial charge in [0.25, 0.3) is 0 Å². The van der Waals surface area contributed by atoms with Crippen molar-refractivity contribution in [1.82, 2.24) is 4.98 Å². The van der Waals surface area contributed by atoms with Gasteiger partial charge in [0.1, 0.15) is 6.20 Å². The second-order valence-corrected chi connectivity index (χ2v) is 2.86. The van der Waals surface area contributed by atoms with Crippen LogP contribution in [0.1, 0.15) is 0 Å². The molecule has 0 fully saturated rings. The van der Waals surface area contributed by atoms with Gasteiger partial charge in [0.2, 0.25) is 5.17 Å². The first kappa shape index (κ1) is 12.4. The van der Waals surface area contributed by atoms with Gasteiger partial charge in [0, 0.05) is 0 Å². The van der Waals surface area contributed by atoms with Gasteiger partial charge in [-0.15, -0.1) is 0 Å². The van der Waals surface area contributed by atoms with Gasteiger partial charge in [-0.05, 0) is 22.0 Å². The van der Waals surface area contributed by atoms with Gasteiger partial charge in [-0.2, -0.15) is 13.2 Å². The van der Waals surface area contributed by atoms with Crippen LogP contribution in [0.2, 0.25) is 0 Å². The fourth-order valence-electron chi connectivity index (χ4n) is 0.786. The Bertz CT molecular complexity index is 447. The summed E-state index contributed by atoms with van der Waals surface area (Å²) in [5, 5.41) is 8.71. The Morgan fingerprint density at radius 3 is 2.69 bits per heavy atom. The van der Waals surface area contributed by atoms with Gasteiger partial charge in [-0.25, -0.2) is 4.99 Å². The summed E-state index contributed by atoms with van der Waals surface area (Å²) in [7, 11) is 0. The van der Waals surface area contributed by atoms with E-state index in [4.69, 9.17) is 11.6 Å². The van der Waals surface area contributed by atoms with Crippen LogP contribution in [-0.4, -0.2) is 21.3 Å². The van der Waals surface area contributed by atoms with E-state index in [-0.39, 0.29) is 0 Å². The van der Waals surface area contributed by atoms with E-state index in [1.165, 1.54) is 6.07 Å². The molecule has 0 aliphatic carbocycles. The minimum atomic E-state index is -4.84. The number of halogens is 4. The minimum Gasteiger partial charge on any atom is -0.358 e. The molecule has 1 aromatic rings. The summed E-state index contributed by atoms with van der Waals surface area (Å²) in [5.74, 6) is -0.787. The fourth-order valence-corrected chi connectivity index (χ4v) is 0.877. The molecular weight excluding hydrogens is 251 g/mol. The van der Waals surface area contributed by atoms with E-state index >= 15 is 0 Å². The maximum absolute atomic E-state index is 12.0. The van der Waals surface area contributed by atoms with E-state index in [1.54, 1.807) is 0 Å². The Hall–Kier alpha value is -1.70. The van der Waals surface area contributed by atoms with Gasteiger partial charge in [-0.3, -0.25) is 0 Å². The molecule has 0 atom stereocenters. The number of rotatable bonds is 2. The summed E-state index contributed by atoms with van der Waals surface area (Å²) in [5.41, 5.74) is -0.546. The van der Waals surface area contributed by atoms with Crippen LogP contribution >= 0.6 is 11.6 Å². The van der Waals surface area contributed by atoms with E-state index in [0.717, 1.165) is 12.3 Å². The summed E-state index contributed by atoms with van der Waals surface area (Å²) in [4.78, 5) is 15.6. The molecule has 1 heterocycles. The van der Waals surface area contributed by atoms with Crippen molar-refractivity contribution in [2.45, 2.75) is 6.18 Å². The molecule has 1 rings (SSSR count). The molecule has 0 radical (unpaired) electrons. The standard InChI is InChI=1S/C7H3ClF3N3O2/c8-6(7(9,10)11)13-4-2-1-3-12-5(4)14(15)16/h1-3H. The fraction of sp³-hybridized carbons (Fsp3) is 0.143. The van der Waals surface area contributed by atoms with Crippen LogP contribution in [0.3, 0.4) is 0 Å². The highest BCUT2D eigenvalue weighted by atomic mass is 35.5. The molecule has 0 N–H and O–H groups in total. The molecule has 0 aliphatic rings. The topological polar surface area (TPSA) is 68.4 Å². The number of pyridine rings is 1. The van der Waals surface area contributed by atoms with E-state index in [2.05, 4.69) is 9.98 Å². The van der Waals surface area contributed by atoms with Crippen LogP contribution < -0.4 is 0 Å². The van der Waals surface area contributed by atoms with Crippen LogP contribution in [0.15, 0.2) is 23.3 Å². The number of hydrogen-bond acceptors (Lipinski definition) is 4. The van der Waals surface area contributed by atoms with Crippen LogP contribution in [0.25, 0.3) is 0 Å². The molecule has 0 saturated heterocycles. The average molecular weight is 254 g/mol. The first-order valence-corrected chi connectivity index (χ1v) is 4.11. The van der Waals surface area contributed by atoms with Crippen molar-refractivity contribution in [3.05, 3.63) is 28.4 Å². The van der Waals surface area contributed by atoms with Crippen molar-refractivity contribution in [2.24, 2.45) is 4.99 Å². The van der Waals surface area contributed by atoms with E-state index in [9.17, 15) is 23.3 Å². The number of hydrogen-bond donors (Lipinski definition) is 0. The highest BCUT2D eigenvalue weighted by molar-refractivity contribution is 6.67. The summed E-state index contributed by atoms with van der Waals surface area (Å²) in [6.45, 7) is 0. The van der Waals surface area contributed by atoms with E-state index in [1.807, 2.05) is 0 Å². The van der Waals surface area contributed by atoms with Crippen molar-refractivity contribution in [3.8, 4) is 0 Å².